The number of hydrogen-bond donors (Lipinski definition) is 1. The molecule has 9 aromatic carbocycles. The molecule has 11 aromatic rings. The van der Waals surface area contributed by atoms with Crippen LogP contribution in [0.15, 0.2) is 217 Å². The van der Waals surface area contributed by atoms with Crippen molar-refractivity contribution in [1.82, 2.24) is 9.13 Å². The van der Waals surface area contributed by atoms with Crippen molar-refractivity contribution in [2.75, 3.05) is 0 Å². The van der Waals surface area contributed by atoms with Crippen LogP contribution >= 0.6 is 0 Å². The van der Waals surface area contributed by atoms with Crippen molar-refractivity contribution in [3.05, 3.63) is 217 Å². The van der Waals surface area contributed by atoms with E-state index in [-0.39, 0.29) is 6.04 Å². The molecule has 282 valence electrons. The van der Waals surface area contributed by atoms with Gasteiger partial charge in [0.25, 0.3) is 0 Å². The summed E-state index contributed by atoms with van der Waals surface area (Å²) >= 11 is 0. The lowest BCUT2D eigenvalue weighted by Gasteiger charge is -2.17. The molecule has 0 bridgehead atoms. The van der Waals surface area contributed by atoms with Gasteiger partial charge in [-0.3, -0.25) is 4.57 Å². The number of nitrogens with two attached hydrogens (primary N) is 1. The Morgan fingerprint density at radius 3 is 1.92 bits per heavy atom. The molecule has 2 aromatic heterocycles. The first-order chi connectivity index (χ1) is 29.7. The SMILES string of the molecule is NC1C=CC=C/C1=C(/N=C/n1c2ccccc2c2c3c4ccccc4c(-c4ccc5c(c4)c4ccccc4n5-c4ccccc4)cc3c3ccccc3c21)c1ccccc1. The Balaban J connectivity index is 1.15. The third-order valence-corrected chi connectivity index (χ3v) is 12.4. The van der Waals surface area contributed by atoms with E-state index >= 15 is 0 Å². The fourth-order valence-corrected chi connectivity index (χ4v) is 9.74. The maximum absolute atomic E-state index is 6.69. The molecule has 0 spiro atoms. The van der Waals surface area contributed by atoms with Crippen molar-refractivity contribution in [3.63, 3.8) is 0 Å². The van der Waals surface area contributed by atoms with Crippen LogP contribution in [0, 0.1) is 0 Å². The number of aliphatic imine (C=N–C) groups is 1. The second kappa shape index (κ2) is 13.7. The van der Waals surface area contributed by atoms with Crippen molar-refractivity contribution in [3.8, 4) is 16.8 Å². The molecule has 0 aliphatic heterocycles. The lowest BCUT2D eigenvalue weighted by atomic mass is 9.88. The van der Waals surface area contributed by atoms with Crippen LogP contribution in [0.3, 0.4) is 0 Å². The summed E-state index contributed by atoms with van der Waals surface area (Å²) in [5, 5.41) is 12.2. The molecule has 4 heteroatoms. The Morgan fingerprint density at radius 1 is 0.500 bits per heavy atom. The minimum Gasteiger partial charge on any atom is -0.321 e. The predicted molar refractivity (Wildman–Crippen MR) is 255 cm³/mol. The van der Waals surface area contributed by atoms with Gasteiger partial charge in [-0.25, -0.2) is 4.99 Å². The highest BCUT2D eigenvalue weighted by molar-refractivity contribution is 6.38. The highest BCUT2D eigenvalue weighted by Crippen LogP contribution is 2.46. The first-order valence-electron chi connectivity index (χ1n) is 20.5. The average Bonchev–Trinajstić information content (AvgIpc) is 3.82. The van der Waals surface area contributed by atoms with E-state index in [1.54, 1.807) is 0 Å². The van der Waals surface area contributed by atoms with Crippen molar-refractivity contribution in [1.29, 1.82) is 0 Å². The molecule has 0 saturated carbocycles. The van der Waals surface area contributed by atoms with Gasteiger partial charge in [0, 0.05) is 43.6 Å². The summed E-state index contributed by atoms with van der Waals surface area (Å²) in [6.45, 7) is 0. The number of aromatic nitrogens is 2. The molecule has 1 aliphatic carbocycles. The Bertz CT molecular complexity index is 3650. The van der Waals surface area contributed by atoms with Crippen molar-refractivity contribution in [2.24, 2.45) is 10.7 Å². The van der Waals surface area contributed by atoms with Crippen LogP contribution in [0.1, 0.15) is 5.56 Å². The first-order valence-corrected chi connectivity index (χ1v) is 20.5. The van der Waals surface area contributed by atoms with Crippen LogP contribution in [-0.4, -0.2) is 21.5 Å². The second-order valence-corrected chi connectivity index (χ2v) is 15.7. The number of benzene rings is 9. The molecule has 12 rings (SSSR count). The summed E-state index contributed by atoms with van der Waals surface area (Å²) in [5.74, 6) is 0. The monoisotopic (exact) mass is 766 g/mol. The van der Waals surface area contributed by atoms with Gasteiger partial charge < -0.3 is 10.3 Å². The highest BCUT2D eigenvalue weighted by atomic mass is 15.0. The third kappa shape index (κ3) is 5.18. The van der Waals surface area contributed by atoms with Crippen molar-refractivity contribution in [2.45, 2.75) is 6.04 Å². The molecule has 1 atom stereocenters. The smallest absolute Gasteiger partial charge is 0.100 e. The number of nitrogens with zero attached hydrogens (tertiary/aromatic N) is 3. The minimum atomic E-state index is -0.256. The van der Waals surface area contributed by atoms with Gasteiger partial charge >= 0.3 is 0 Å². The van der Waals surface area contributed by atoms with Crippen LogP contribution in [0.4, 0.5) is 0 Å². The Morgan fingerprint density at radius 2 is 1.13 bits per heavy atom. The van der Waals surface area contributed by atoms with Gasteiger partial charge in [-0.05, 0) is 80.7 Å². The fourth-order valence-electron chi connectivity index (χ4n) is 9.74. The quantitative estimate of drug-likeness (QED) is 0.106. The number of fused-ring (bicyclic) bond motifs is 13. The zero-order valence-corrected chi connectivity index (χ0v) is 32.7. The molecule has 2 heterocycles. The molecule has 1 aliphatic rings. The second-order valence-electron chi connectivity index (χ2n) is 15.7. The molecule has 0 saturated heterocycles. The molecule has 1 unspecified atom stereocenters. The molecule has 0 amide bonds. The lowest BCUT2D eigenvalue weighted by molar-refractivity contribution is 0.970. The standard InChI is InChI=1S/C56H38N4/c57-49-28-14-11-26-44(49)55(36-17-3-1-4-18-36)58-35-59-50-29-15-13-27-45(50)54-53-42-24-9-7-21-39(42)46(34-48(53)40-22-8-10-25-43(40)56(54)59)37-31-32-52-47(33-37)41-23-12-16-30-51(41)60(52)38-19-5-2-6-20-38/h1-35,49H,57H2/b55-44-,58-35+. The number of para-hydroxylation sites is 3. The zero-order chi connectivity index (χ0) is 39.7. The molecule has 2 N–H and O–H groups in total. The van der Waals surface area contributed by atoms with Gasteiger partial charge in [0.05, 0.1) is 33.8 Å². The molecule has 0 radical (unpaired) electrons. The molecule has 0 fully saturated rings. The summed E-state index contributed by atoms with van der Waals surface area (Å²) in [6, 6.07) is 65.5. The van der Waals surface area contributed by atoms with E-state index in [4.69, 9.17) is 10.7 Å². The number of hydrogen-bond acceptors (Lipinski definition) is 2. The summed E-state index contributed by atoms with van der Waals surface area (Å²) in [7, 11) is 0. The van der Waals surface area contributed by atoms with Crippen molar-refractivity contribution < 1.29 is 0 Å². The fraction of sp³-hybridized carbons (Fsp3) is 0.0179. The topological polar surface area (TPSA) is 48.2 Å². The molecule has 4 nitrogen and oxygen atoms in total. The van der Waals surface area contributed by atoms with Gasteiger partial charge in [-0.15, -0.1) is 0 Å². The van der Waals surface area contributed by atoms with Crippen LogP contribution in [0.2, 0.25) is 0 Å². The van der Waals surface area contributed by atoms with E-state index in [9.17, 15) is 0 Å². The van der Waals surface area contributed by atoms with Gasteiger partial charge in [-0.2, -0.15) is 0 Å². The first kappa shape index (κ1) is 34.3. The van der Waals surface area contributed by atoms with Crippen LogP contribution in [0.5, 0.6) is 0 Å². The van der Waals surface area contributed by atoms with E-state index in [1.807, 2.05) is 30.6 Å². The van der Waals surface area contributed by atoms with Gasteiger partial charge in [0.15, 0.2) is 0 Å². The van der Waals surface area contributed by atoms with E-state index in [0.29, 0.717) is 0 Å². The Hall–Kier alpha value is -7.79. The summed E-state index contributed by atoms with van der Waals surface area (Å²) in [5.41, 5.74) is 17.8. The van der Waals surface area contributed by atoms with Gasteiger partial charge in [0.1, 0.15) is 6.34 Å². The number of rotatable bonds is 5. The average molecular weight is 767 g/mol. The van der Waals surface area contributed by atoms with Crippen molar-refractivity contribution >= 4 is 88.0 Å². The van der Waals surface area contributed by atoms with Gasteiger partial charge in [0.2, 0.25) is 0 Å². The largest absolute Gasteiger partial charge is 0.321 e. The Kier molecular flexibility index (Phi) is 7.80. The van der Waals surface area contributed by atoms with Crippen LogP contribution in [0.25, 0.3) is 98.4 Å². The maximum Gasteiger partial charge on any atom is 0.100 e. The highest BCUT2D eigenvalue weighted by Gasteiger charge is 2.22. The summed E-state index contributed by atoms with van der Waals surface area (Å²) in [4.78, 5) is 5.33. The lowest BCUT2D eigenvalue weighted by Crippen LogP contribution is -2.21. The molecule has 60 heavy (non-hydrogen) atoms. The van der Waals surface area contributed by atoms with Gasteiger partial charge in [-0.1, -0.05) is 164 Å². The van der Waals surface area contributed by atoms with Crippen LogP contribution < -0.4 is 5.73 Å². The molecular weight excluding hydrogens is 729 g/mol. The number of allylic oxidation sites excluding steroid dienone is 2. The maximum atomic E-state index is 6.69. The summed E-state index contributed by atoms with van der Waals surface area (Å²) < 4.78 is 4.68. The third-order valence-electron chi connectivity index (χ3n) is 12.4. The molecular formula is C56H38N4. The summed E-state index contributed by atoms with van der Waals surface area (Å²) in [6.07, 6.45) is 10.2. The zero-order valence-electron chi connectivity index (χ0n) is 32.7. The van der Waals surface area contributed by atoms with E-state index < -0.39 is 0 Å². The Labute approximate surface area is 346 Å². The van der Waals surface area contributed by atoms with Crippen LogP contribution in [-0.2, 0) is 0 Å². The van der Waals surface area contributed by atoms with E-state index in [0.717, 1.165) is 33.6 Å². The van der Waals surface area contributed by atoms with E-state index in [2.05, 4.69) is 191 Å². The normalized spacial score (nSPS) is 15.2. The predicted octanol–water partition coefficient (Wildman–Crippen LogP) is 13.8. The minimum absolute atomic E-state index is 0.256. The van der Waals surface area contributed by atoms with E-state index in [1.165, 1.54) is 76.0 Å².